The number of esters is 1. The summed E-state index contributed by atoms with van der Waals surface area (Å²) in [6, 6.07) is 0. The Labute approximate surface area is 122 Å². The van der Waals surface area contributed by atoms with Crippen LogP contribution in [0.5, 0.6) is 0 Å². The van der Waals surface area contributed by atoms with Crippen molar-refractivity contribution in [3.05, 3.63) is 10.4 Å². The second-order valence-corrected chi connectivity index (χ2v) is 6.45. The lowest BCUT2D eigenvalue weighted by Gasteiger charge is -2.17. The standard InChI is InChI=1S/C14H20N2O3S/c1-2-19-14(18)12-11(15)10(8-3-4-8)13(20-12)16-6-5-9(17)7-16/h8-9,17H,2-7,15H2,1H3. The number of carbonyl (C=O) groups is 1. The van der Waals surface area contributed by atoms with E-state index in [2.05, 4.69) is 4.90 Å². The number of β-amino-alcohol motifs (C(OH)–C–C–N with tert-alkyl or cyclic N) is 1. The second kappa shape index (κ2) is 5.26. The molecule has 0 aromatic carbocycles. The summed E-state index contributed by atoms with van der Waals surface area (Å²) in [7, 11) is 0. The van der Waals surface area contributed by atoms with Crippen molar-refractivity contribution in [3.8, 4) is 0 Å². The van der Waals surface area contributed by atoms with Crippen molar-refractivity contribution >= 4 is 28.0 Å². The molecular weight excluding hydrogens is 276 g/mol. The number of thiophene rings is 1. The molecule has 0 amide bonds. The third-order valence-electron chi connectivity index (χ3n) is 3.86. The van der Waals surface area contributed by atoms with Gasteiger partial charge in [-0.15, -0.1) is 11.3 Å². The van der Waals surface area contributed by atoms with E-state index in [9.17, 15) is 9.90 Å². The predicted octanol–water partition coefficient (Wildman–Crippen LogP) is 1.96. The van der Waals surface area contributed by atoms with Crippen molar-refractivity contribution in [2.24, 2.45) is 0 Å². The molecule has 3 N–H and O–H groups in total. The zero-order chi connectivity index (χ0) is 14.3. The molecule has 3 rings (SSSR count). The van der Waals surface area contributed by atoms with E-state index in [0.717, 1.165) is 36.4 Å². The quantitative estimate of drug-likeness (QED) is 0.831. The number of nitrogens with two attached hydrogens (primary N) is 1. The summed E-state index contributed by atoms with van der Waals surface area (Å²) < 4.78 is 5.08. The lowest BCUT2D eigenvalue weighted by Crippen LogP contribution is -2.21. The van der Waals surface area contributed by atoms with Crippen LogP contribution in [0, 0.1) is 0 Å². The van der Waals surface area contributed by atoms with Crippen LogP contribution in [-0.4, -0.2) is 36.9 Å². The van der Waals surface area contributed by atoms with Crippen LogP contribution in [0.1, 0.15) is 47.3 Å². The Morgan fingerprint density at radius 3 is 2.80 bits per heavy atom. The van der Waals surface area contributed by atoms with E-state index >= 15 is 0 Å². The van der Waals surface area contributed by atoms with Gasteiger partial charge in [-0.05, 0) is 32.1 Å². The van der Waals surface area contributed by atoms with Crippen LogP contribution in [0.15, 0.2) is 0 Å². The second-order valence-electron chi connectivity index (χ2n) is 5.45. The summed E-state index contributed by atoms with van der Waals surface area (Å²) in [6.07, 6.45) is 2.76. The zero-order valence-corrected chi connectivity index (χ0v) is 12.4. The van der Waals surface area contributed by atoms with Gasteiger partial charge in [-0.3, -0.25) is 0 Å². The molecule has 2 fully saturated rings. The first kappa shape index (κ1) is 13.7. The number of hydrogen-bond donors (Lipinski definition) is 2. The molecule has 1 aromatic rings. The maximum absolute atomic E-state index is 12.0. The number of aliphatic hydroxyl groups excluding tert-OH is 1. The smallest absolute Gasteiger partial charge is 0.350 e. The minimum Gasteiger partial charge on any atom is -0.462 e. The van der Waals surface area contributed by atoms with E-state index in [1.165, 1.54) is 11.3 Å². The molecule has 1 saturated carbocycles. The highest BCUT2D eigenvalue weighted by atomic mass is 32.1. The molecule has 1 atom stereocenters. The summed E-state index contributed by atoms with van der Waals surface area (Å²) in [5.41, 5.74) is 7.89. The van der Waals surface area contributed by atoms with Gasteiger partial charge in [0, 0.05) is 18.7 Å². The third-order valence-corrected chi connectivity index (χ3v) is 5.12. The number of nitrogen functional groups attached to an aromatic ring is 1. The Bertz CT molecular complexity index is 525. The molecule has 1 saturated heterocycles. The summed E-state index contributed by atoms with van der Waals surface area (Å²) >= 11 is 1.42. The Balaban J connectivity index is 1.95. The van der Waals surface area contributed by atoms with Gasteiger partial charge in [0.1, 0.15) is 4.88 Å². The fourth-order valence-corrected chi connectivity index (χ4v) is 3.96. The SMILES string of the molecule is CCOC(=O)c1sc(N2CCC(O)C2)c(C2CC2)c1N. The Kier molecular flexibility index (Phi) is 3.60. The van der Waals surface area contributed by atoms with Gasteiger partial charge in [0.25, 0.3) is 0 Å². The highest BCUT2D eigenvalue weighted by Gasteiger charge is 2.36. The van der Waals surface area contributed by atoms with Crippen LogP contribution in [0.3, 0.4) is 0 Å². The molecule has 6 heteroatoms. The van der Waals surface area contributed by atoms with Crippen LogP contribution in [-0.2, 0) is 4.74 Å². The first-order valence-electron chi connectivity index (χ1n) is 7.14. The minimum absolute atomic E-state index is 0.281. The van der Waals surface area contributed by atoms with Crippen molar-refractivity contribution in [3.63, 3.8) is 0 Å². The van der Waals surface area contributed by atoms with E-state index in [4.69, 9.17) is 10.5 Å². The Hall–Kier alpha value is -1.27. The third kappa shape index (κ3) is 2.38. The fraction of sp³-hybridized carbons (Fsp3) is 0.643. The summed E-state index contributed by atoms with van der Waals surface area (Å²) in [6.45, 7) is 3.60. The van der Waals surface area contributed by atoms with Crippen molar-refractivity contribution in [1.29, 1.82) is 0 Å². The first-order valence-corrected chi connectivity index (χ1v) is 7.95. The van der Waals surface area contributed by atoms with E-state index in [1.54, 1.807) is 6.92 Å². The van der Waals surface area contributed by atoms with Gasteiger partial charge in [0.05, 0.1) is 23.4 Å². The molecule has 1 unspecified atom stereocenters. The summed E-state index contributed by atoms with van der Waals surface area (Å²) in [5.74, 6) is 0.144. The first-order chi connectivity index (χ1) is 9.61. The van der Waals surface area contributed by atoms with Gasteiger partial charge >= 0.3 is 5.97 Å². The molecule has 1 aliphatic heterocycles. The molecule has 20 heavy (non-hydrogen) atoms. The van der Waals surface area contributed by atoms with E-state index in [1.807, 2.05) is 0 Å². The van der Waals surface area contributed by atoms with Crippen molar-refractivity contribution in [1.82, 2.24) is 0 Å². The monoisotopic (exact) mass is 296 g/mol. The van der Waals surface area contributed by atoms with Crippen molar-refractivity contribution in [2.45, 2.75) is 38.2 Å². The molecule has 2 heterocycles. The molecule has 0 radical (unpaired) electrons. The van der Waals surface area contributed by atoms with E-state index < -0.39 is 0 Å². The highest BCUT2D eigenvalue weighted by molar-refractivity contribution is 7.18. The molecule has 1 aliphatic carbocycles. The minimum atomic E-state index is -0.331. The maximum Gasteiger partial charge on any atom is 0.350 e. The average Bonchev–Trinajstić information content (AvgIpc) is 3.06. The molecule has 0 bridgehead atoms. The maximum atomic E-state index is 12.0. The van der Waals surface area contributed by atoms with Crippen LogP contribution < -0.4 is 10.6 Å². The number of aliphatic hydroxyl groups is 1. The Morgan fingerprint density at radius 2 is 2.25 bits per heavy atom. The molecule has 1 aromatic heterocycles. The number of carbonyl (C=O) groups excluding carboxylic acids is 1. The normalized spacial score (nSPS) is 22.3. The predicted molar refractivity (Wildman–Crippen MR) is 79.5 cm³/mol. The van der Waals surface area contributed by atoms with Gasteiger partial charge < -0.3 is 20.5 Å². The van der Waals surface area contributed by atoms with Crippen LogP contribution in [0.25, 0.3) is 0 Å². The van der Waals surface area contributed by atoms with Crippen LogP contribution in [0.4, 0.5) is 10.7 Å². The van der Waals surface area contributed by atoms with Gasteiger partial charge in [-0.1, -0.05) is 0 Å². The van der Waals surface area contributed by atoms with Gasteiger partial charge in [0.2, 0.25) is 0 Å². The lowest BCUT2D eigenvalue weighted by atomic mass is 10.1. The number of nitrogens with zero attached hydrogens (tertiary/aromatic N) is 1. The number of ether oxygens (including phenoxy) is 1. The largest absolute Gasteiger partial charge is 0.462 e. The number of hydrogen-bond acceptors (Lipinski definition) is 6. The van der Waals surface area contributed by atoms with Gasteiger partial charge in [-0.2, -0.15) is 0 Å². The summed E-state index contributed by atoms with van der Waals surface area (Å²) in [5, 5.41) is 10.8. The van der Waals surface area contributed by atoms with Crippen molar-refractivity contribution < 1.29 is 14.6 Å². The Morgan fingerprint density at radius 1 is 1.50 bits per heavy atom. The summed E-state index contributed by atoms with van der Waals surface area (Å²) in [4.78, 5) is 14.7. The molecule has 5 nitrogen and oxygen atoms in total. The van der Waals surface area contributed by atoms with Crippen molar-refractivity contribution in [2.75, 3.05) is 30.3 Å². The van der Waals surface area contributed by atoms with Gasteiger partial charge in [-0.25, -0.2) is 4.79 Å². The number of rotatable bonds is 4. The van der Waals surface area contributed by atoms with Crippen LogP contribution >= 0.6 is 11.3 Å². The number of anilines is 2. The average molecular weight is 296 g/mol. The van der Waals surface area contributed by atoms with E-state index in [-0.39, 0.29) is 12.1 Å². The van der Waals surface area contributed by atoms with Gasteiger partial charge in [0.15, 0.2) is 0 Å². The van der Waals surface area contributed by atoms with Crippen LogP contribution in [0.2, 0.25) is 0 Å². The fourth-order valence-electron chi connectivity index (χ4n) is 2.72. The zero-order valence-electron chi connectivity index (χ0n) is 11.6. The lowest BCUT2D eigenvalue weighted by molar-refractivity contribution is 0.0533. The molecule has 110 valence electrons. The molecule has 2 aliphatic rings. The molecular formula is C14H20N2O3S. The highest BCUT2D eigenvalue weighted by Crippen LogP contribution is 2.52. The van der Waals surface area contributed by atoms with E-state index in [0.29, 0.717) is 29.6 Å². The topological polar surface area (TPSA) is 75.8 Å². The molecule has 0 spiro atoms.